The van der Waals surface area contributed by atoms with Gasteiger partial charge in [-0.05, 0) is 19.2 Å². The first-order valence-corrected chi connectivity index (χ1v) is 7.67. The van der Waals surface area contributed by atoms with Gasteiger partial charge in [0.1, 0.15) is 5.82 Å². The van der Waals surface area contributed by atoms with Crippen molar-refractivity contribution < 1.29 is 4.39 Å². The van der Waals surface area contributed by atoms with E-state index in [0.29, 0.717) is 0 Å². The second-order valence-electron chi connectivity index (χ2n) is 5.37. The second kappa shape index (κ2) is 7.72. The molecule has 1 aliphatic rings. The van der Waals surface area contributed by atoms with Crippen LogP contribution in [0.3, 0.4) is 0 Å². The number of hydrogen-bond acceptors (Lipinski definition) is 3. The topological polar surface area (TPSA) is 18.5 Å². The summed E-state index contributed by atoms with van der Waals surface area (Å²) in [5.74, 6) is -0.106. The third kappa shape index (κ3) is 4.01. The SMILES string of the molecule is CCNC(CN1CCN(CC)CC1)c1ccccc1F. The molecule has 2 rings (SSSR count). The number of hydrogen-bond donors (Lipinski definition) is 1. The highest BCUT2D eigenvalue weighted by molar-refractivity contribution is 5.21. The van der Waals surface area contributed by atoms with E-state index in [1.165, 1.54) is 0 Å². The Kier molecular flexibility index (Phi) is 5.95. The molecule has 1 aromatic rings. The lowest BCUT2D eigenvalue weighted by Crippen LogP contribution is -2.48. The Labute approximate surface area is 121 Å². The van der Waals surface area contributed by atoms with E-state index in [1.807, 2.05) is 12.1 Å². The molecule has 0 spiro atoms. The van der Waals surface area contributed by atoms with E-state index in [0.717, 1.165) is 51.4 Å². The molecule has 112 valence electrons. The van der Waals surface area contributed by atoms with E-state index < -0.39 is 0 Å². The molecule has 4 heteroatoms. The summed E-state index contributed by atoms with van der Waals surface area (Å²) in [5.41, 5.74) is 0.785. The van der Waals surface area contributed by atoms with Gasteiger partial charge < -0.3 is 10.2 Å². The lowest BCUT2D eigenvalue weighted by Gasteiger charge is -2.36. The van der Waals surface area contributed by atoms with E-state index in [4.69, 9.17) is 0 Å². The number of nitrogens with one attached hydrogen (secondary N) is 1. The zero-order valence-corrected chi connectivity index (χ0v) is 12.6. The van der Waals surface area contributed by atoms with Gasteiger partial charge in [-0.3, -0.25) is 4.90 Å². The Morgan fingerprint density at radius 1 is 1.10 bits per heavy atom. The van der Waals surface area contributed by atoms with Crippen LogP contribution in [0.2, 0.25) is 0 Å². The molecule has 1 saturated heterocycles. The number of nitrogens with zero attached hydrogens (tertiary/aromatic N) is 2. The third-order valence-electron chi connectivity index (χ3n) is 4.08. The Bertz CT molecular complexity index is 402. The van der Waals surface area contributed by atoms with Crippen LogP contribution >= 0.6 is 0 Å². The average Bonchev–Trinajstić information content (AvgIpc) is 2.48. The quantitative estimate of drug-likeness (QED) is 0.860. The molecule has 0 radical (unpaired) electrons. The molecule has 1 aliphatic heterocycles. The summed E-state index contributed by atoms with van der Waals surface area (Å²) >= 11 is 0. The summed E-state index contributed by atoms with van der Waals surface area (Å²) in [4.78, 5) is 4.90. The van der Waals surface area contributed by atoms with Crippen LogP contribution in [0.15, 0.2) is 24.3 Å². The minimum atomic E-state index is -0.106. The molecule has 1 heterocycles. The lowest BCUT2D eigenvalue weighted by molar-refractivity contribution is 0.127. The van der Waals surface area contributed by atoms with E-state index in [-0.39, 0.29) is 11.9 Å². The number of benzene rings is 1. The lowest BCUT2D eigenvalue weighted by atomic mass is 10.1. The van der Waals surface area contributed by atoms with Crippen LogP contribution in [-0.4, -0.2) is 55.6 Å². The van der Waals surface area contributed by atoms with Crippen LogP contribution in [0.25, 0.3) is 0 Å². The first-order chi connectivity index (χ1) is 9.74. The predicted molar refractivity (Wildman–Crippen MR) is 81.4 cm³/mol. The summed E-state index contributed by atoms with van der Waals surface area (Å²) < 4.78 is 14.0. The number of rotatable bonds is 6. The maximum absolute atomic E-state index is 14.0. The summed E-state index contributed by atoms with van der Waals surface area (Å²) in [5, 5.41) is 3.42. The molecular weight excluding hydrogens is 253 g/mol. The van der Waals surface area contributed by atoms with Crippen LogP contribution in [-0.2, 0) is 0 Å². The largest absolute Gasteiger partial charge is 0.309 e. The van der Waals surface area contributed by atoms with Crippen molar-refractivity contribution in [3.63, 3.8) is 0 Å². The Hall–Kier alpha value is -0.970. The van der Waals surface area contributed by atoms with Crippen molar-refractivity contribution >= 4 is 0 Å². The van der Waals surface area contributed by atoms with Crippen molar-refractivity contribution in [2.45, 2.75) is 19.9 Å². The maximum atomic E-state index is 14.0. The van der Waals surface area contributed by atoms with Gasteiger partial charge in [0.25, 0.3) is 0 Å². The normalized spacial score (nSPS) is 19.1. The van der Waals surface area contributed by atoms with Gasteiger partial charge in [-0.15, -0.1) is 0 Å². The molecule has 20 heavy (non-hydrogen) atoms. The van der Waals surface area contributed by atoms with Crippen molar-refractivity contribution in [2.75, 3.05) is 45.8 Å². The fraction of sp³-hybridized carbons (Fsp3) is 0.625. The molecule has 0 aliphatic carbocycles. The summed E-state index contributed by atoms with van der Waals surface area (Å²) in [6.45, 7) is 11.5. The van der Waals surface area contributed by atoms with Crippen LogP contribution < -0.4 is 5.32 Å². The van der Waals surface area contributed by atoms with Crippen LogP contribution in [0.5, 0.6) is 0 Å². The van der Waals surface area contributed by atoms with Crippen molar-refractivity contribution in [3.8, 4) is 0 Å². The fourth-order valence-electron chi connectivity index (χ4n) is 2.82. The molecule has 0 saturated carbocycles. The van der Waals surface area contributed by atoms with Gasteiger partial charge in [0.05, 0.1) is 0 Å². The third-order valence-corrected chi connectivity index (χ3v) is 4.08. The van der Waals surface area contributed by atoms with Crippen molar-refractivity contribution in [1.29, 1.82) is 0 Å². The molecule has 0 bridgehead atoms. The van der Waals surface area contributed by atoms with Gasteiger partial charge in [-0.2, -0.15) is 0 Å². The monoisotopic (exact) mass is 279 g/mol. The van der Waals surface area contributed by atoms with E-state index >= 15 is 0 Å². The highest BCUT2D eigenvalue weighted by Crippen LogP contribution is 2.18. The number of likely N-dealkylation sites (N-methyl/N-ethyl adjacent to an activating group) is 2. The van der Waals surface area contributed by atoms with Gasteiger partial charge in [-0.25, -0.2) is 4.39 Å². The summed E-state index contributed by atoms with van der Waals surface area (Å²) in [6.07, 6.45) is 0. The first-order valence-electron chi connectivity index (χ1n) is 7.67. The minimum Gasteiger partial charge on any atom is -0.309 e. The molecule has 3 nitrogen and oxygen atoms in total. The number of piperazine rings is 1. The fourth-order valence-corrected chi connectivity index (χ4v) is 2.82. The molecule has 0 aromatic heterocycles. The zero-order valence-electron chi connectivity index (χ0n) is 12.6. The average molecular weight is 279 g/mol. The van der Waals surface area contributed by atoms with Gasteiger partial charge in [0, 0.05) is 44.3 Å². The Morgan fingerprint density at radius 2 is 1.75 bits per heavy atom. The smallest absolute Gasteiger partial charge is 0.128 e. The van der Waals surface area contributed by atoms with Gasteiger partial charge in [-0.1, -0.05) is 32.0 Å². The second-order valence-corrected chi connectivity index (χ2v) is 5.37. The molecule has 1 fully saturated rings. The van der Waals surface area contributed by atoms with E-state index in [2.05, 4.69) is 29.0 Å². The highest BCUT2D eigenvalue weighted by Gasteiger charge is 2.21. The standard InChI is InChI=1S/C16H26FN3/c1-3-18-16(14-7-5-6-8-15(14)17)13-20-11-9-19(4-2)10-12-20/h5-8,16,18H,3-4,9-13H2,1-2H3. The van der Waals surface area contributed by atoms with Gasteiger partial charge in [0.15, 0.2) is 0 Å². The molecular formula is C16H26FN3. The summed E-state index contributed by atoms with van der Waals surface area (Å²) in [6, 6.07) is 7.19. The van der Waals surface area contributed by atoms with Crippen LogP contribution in [0.1, 0.15) is 25.5 Å². The molecule has 0 amide bonds. The molecule has 1 atom stereocenters. The zero-order chi connectivity index (χ0) is 14.4. The van der Waals surface area contributed by atoms with Crippen LogP contribution in [0, 0.1) is 5.82 Å². The maximum Gasteiger partial charge on any atom is 0.128 e. The van der Waals surface area contributed by atoms with Crippen LogP contribution in [0.4, 0.5) is 4.39 Å². The van der Waals surface area contributed by atoms with E-state index in [1.54, 1.807) is 12.1 Å². The summed E-state index contributed by atoms with van der Waals surface area (Å²) in [7, 11) is 0. The molecule has 1 unspecified atom stereocenters. The van der Waals surface area contributed by atoms with E-state index in [9.17, 15) is 4.39 Å². The van der Waals surface area contributed by atoms with Gasteiger partial charge in [0.2, 0.25) is 0 Å². The molecule has 1 aromatic carbocycles. The highest BCUT2D eigenvalue weighted by atomic mass is 19.1. The number of halogens is 1. The van der Waals surface area contributed by atoms with Gasteiger partial charge >= 0.3 is 0 Å². The Balaban J connectivity index is 1.98. The first kappa shape index (κ1) is 15.4. The van der Waals surface area contributed by atoms with Crippen molar-refractivity contribution in [1.82, 2.24) is 15.1 Å². The van der Waals surface area contributed by atoms with Crippen molar-refractivity contribution in [3.05, 3.63) is 35.6 Å². The Morgan fingerprint density at radius 3 is 2.35 bits per heavy atom. The van der Waals surface area contributed by atoms with Crippen molar-refractivity contribution in [2.24, 2.45) is 0 Å². The molecule has 1 N–H and O–H groups in total. The minimum absolute atomic E-state index is 0.0781. The predicted octanol–water partition coefficient (Wildman–Crippen LogP) is 2.11.